The highest BCUT2D eigenvalue weighted by molar-refractivity contribution is 7.89. The Hall–Kier alpha value is -2.07. The predicted octanol–water partition coefficient (Wildman–Crippen LogP) is 1.84. The SMILES string of the molecule is CN(CCOc1ccc(Cl)cc1)C(=O)c1cc(S(=O)(=O)N2CCOCC2)c[nH]1. The first-order valence-corrected chi connectivity index (χ1v) is 10.6. The minimum atomic E-state index is -3.64. The molecule has 8 nitrogen and oxygen atoms in total. The summed E-state index contributed by atoms with van der Waals surface area (Å²) in [5.74, 6) is 0.340. The molecule has 1 aromatic heterocycles. The monoisotopic (exact) mass is 427 g/mol. The average molecular weight is 428 g/mol. The zero-order valence-electron chi connectivity index (χ0n) is 15.4. The summed E-state index contributed by atoms with van der Waals surface area (Å²) < 4.78 is 37.4. The van der Waals surface area contributed by atoms with E-state index in [9.17, 15) is 13.2 Å². The van der Waals surface area contributed by atoms with Gasteiger partial charge in [0.2, 0.25) is 10.0 Å². The van der Waals surface area contributed by atoms with Crippen molar-refractivity contribution in [1.82, 2.24) is 14.2 Å². The van der Waals surface area contributed by atoms with Crippen molar-refractivity contribution in [2.75, 3.05) is 46.5 Å². The summed E-state index contributed by atoms with van der Waals surface area (Å²) in [6.45, 7) is 1.98. The van der Waals surface area contributed by atoms with Crippen molar-refractivity contribution in [1.29, 1.82) is 0 Å². The summed E-state index contributed by atoms with van der Waals surface area (Å²) in [7, 11) is -2.01. The number of rotatable bonds is 7. The molecule has 1 N–H and O–H groups in total. The molecular weight excluding hydrogens is 406 g/mol. The molecule has 0 bridgehead atoms. The summed E-state index contributed by atoms with van der Waals surface area (Å²) in [6, 6.07) is 8.31. The number of carbonyl (C=O) groups is 1. The van der Waals surface area contributed by atoms with Gasteiger partial charge < -0.3 is 19.4 Å². The minimum absolute atomic E-state index is 0.0727. The van der Waals surface area contributed by atoms with Crippen molar-refractivity contribution in [2.45, 2.75) is 4.90 Å². The van der Waals surface area contributed by atoms with E-state index in [0.717, 1.165) is 0 Å². The van der Waals surface area contributed by atoms with Crippen molar-refractivity contribution in [3.05, 3.63) is 47.2 Å². The molecule has 0 spiro atoms. The fourth-order valence-electron chi connectivity index (χ4n) is 2.72. The van der Waals surface area contributed by atoms with Crippen LogP contribution in [0.5, 0.6) is 5.75 Å². The molecule has 0 atom stereocenters. The van der Waals surface area contributed by atoms with Gasteiger partial charge in [-0.3, -0.25) is 4.79 Å². The summed E-state index contributed by atoms with van der Waals surface area (Å²) in [4.78, 5) is 16.8. The van der Waals surface area contributed by atoms with Gasteiger partial charge in [-0.2, -0.15) is 4.31 Å². The highest BCUT2D eigenvalue weighted by atomic mass is 35.5. The lowest BCUT2D eigenvalue weighted by molar-refractivity contribution is 0.0730. The minimum Gasteiger partial charge on any atom is -0.492 e. The molecule has 2 heterocycles. The molecule has 1 aliphatic heterocycles. The number of sulfonamides is 1. The van der Waals surface area contributed by atoms with E-state index in [4.69, 9.17) is 21.1 Å². The third-order valence-corrected chi connectivity index (χ3v) is 6.48. The number of H-pyrrole nitrogens is 1. The van der Waals surface area contributed by atoms with Crippen LogP contribution in [0.3, 0.4) is 0 Å². The Morgan fingerprint density at radius 2 is 1.96 bits per heavy atom. The topological polar surface area (TPSA) is 91.9 Å². The lowest BCUT2D eigenvalue weighted by Crippen LogP contribution is -2.40. The highest BCUT2D eigenvalue weighted by Crippen LogP contribution is 2.19. The maximum Gasteiger partial charge on any atom is 0.270 e. The Bertz CT molecular complexity index is 908. The third-order valence-electron chi connectivity index (χ3n) is 4.35. The second kappa shape index (κ2) is 8.95. The van der Waals surface area contributed by atoms with Crippen LogP contribution in [0.4, 0.5) is 0 Å². The fourth-order valence-corrected chi connectivity index (χ4v) is 4.25. The van der Waals surface area contributed by atoms with Crippen molar-refractivity contribution in [3.63, 3.8) is 0 Å². The van der Waals surface area contributed by atoms with Crippen LogP contribution in [0.25, 0.3) is 0 Å². The highest BCUT2D eigenvalue weighted by Gasteiger charge is 2.28. The second-order valence-corrected chi connectivity index (χ2v) is 8.67. The molecule has 0 saturated carbocycles. The number of aromatic amines is 1. The van der Waals surface area contributed by atoms with E-state index < -0.39 is 10.0 Å². The van der Waals surface area contributed by atoms with Crippen molar-refractivity contribution in [3.8, 4) is 5.75 Å². The van der Waals surface area contributed by atoms with E-state index in [0.29, 0.717) is 50.2 Å². The number of halogens is 1. The molecule has 0 unspecified atom stereocenters. The van der Waals surface area contributed by atoms with Gasteiger partial charge in [0, 0.05) is 31.4 Å². The largest absolute Gasteiger partial charge is 0.492 e. The van der Waals surface area contributed by atoms with Crippen molar-refractivity contribution < 1.29 is 22.7 Å². The van der Waals surface area contributed by atoms with Crippen LogP contribution >= 0.6 is 11.6 Å². The number of nitrogens with zero attached hydrogens (tertiary/aromatic N) is 2. The predicted molar refractivity (Wildman–Crippen MR) is 104 cm³/mol. The van der Waals surface area contributed by atoms with Crippen LogP contribution in [0, 0.1) is 0 Å². The third kappa shape index (κ3) is 4.85. The summed E-state index contributed by atoms with van der Waals surface area (Å²) in [5.41, 5.74) is 0.209. The van der Waals surface area contributed by atoms with Crippen LogP contribution in [0.1, 0.15) is 10.5 Å². The van der Waals surface area contributed by atoms with Gasteiger partial charge in [-0.25, -0.2) is 8.42 Å². The zero-order chi connectivity index (χ0) is 20.1. The molecule has 0 aliphatic carbocycles. The molecule has 1 aliphatic rings. The average Bonchev–Trinajstić information content (AvgIpc) is 3.20. The Kier molecular flexibility index (Phi) is 6.61. The maximum absolute atomic E-state index is 12.6. The molecule has 152 valence electrons. The number of carbonyl (C=O) groups excluding carboxylic acids is 1. The van der Waals surface area contributed by atoms with Gasteiger partial charge in [0.1, 0.15) is 22.9 Å². The molecule has 1 saturated heterocycles. The summed E-state index contributed by atoms with van der Waals surface area (Å²) in [5, 5.41) is 0.620. The Morgan fingerprint density at radius 3 is 2.64 bits per heavy atom. The van der Waals surface area contributed by atoms with Gasteiger partial charge in [0.05, 0.1) is 19.8 Å². The fraction of sp³-hybridized carbons (Fsp3) is 0.389. The molecule has 28 heavy (non-hydrogen) atoms. The smallest absolute Gasteiger partial charge is 0.270 e. The van der Waals surface area contributed by atoms with E-state index in [1.54, 1.807) is 31.3 Å². The molecule has 1 aromatic carbocycles. The molecular formula is C18H22ClN3O5S. The lowest BCUT2D eigenvalue weighted by atomic mass is 10.3. The molecule has 2 aromatic rings. The van der Waals surface area contributed by atoms with Crippen molar-refractivity contribution in [2.24, 2.45) is 0 Å². The van der Waals surface area contributed by atoms with Crippen molar-refractivity contribution >= 4 is 27.5 Å². The number of amides is 1. The quantitative estimate of drug-likeness (QED) is 0.727. The van der Waals surface area contributed by atoms with Crippen LogP contribution in [0.15, 0.2) is 41.4 Å². The molecule has 0 radical (unpaired) electrons. The maximum atomic E-state index is 12.6. The number of nitrogens with one attached hydrogen (secondary N) is 1. The number of ether oxygens (including phenoxy) is 2. The van der Waals surface area contributed by atoms with Gasteiger partial charge in [-0.15, -0.1) is 0 Å². The van der Waals surface area contributed by atoms with Crippen LogP contribution in [0.2, 0.25) is 5.02 Å². The van der Waals surface area contributed by atoms with E-state index >= 15 is 0 Å². The number of morpholine rings is 1. The van der Waals surface area contributed by atoms with Crippen LogP contribution in [-0.2, 0) is 14.8 Å². The van der Waals surface area contributed by atoms with Crippen LogP contribution in [-0.4, -0.2) is 75.0 Å². The zero-order valence-corrected chi connectivity index (χ0v) is 17.0. The number of likely N-dealkylation sites (N-methyl/N-ethyl adjacent to an activating group) is 1. The number of hydrogen-bond donors (Lipinski definition) is 1. The number of hydrogen-bond acceptors (Lipinski definition) is 5. The molecule has 3 rings (SSSR count). The van der Waals surface area contributed by atoms with E-state index in [2.05, 4.69) is 4.98 Å². The number of aromatic nitrogens is 1. The molecule has 10 heteroatoms. The Balaban J connectivity index is 1.57. The van der Waals surface area contributed by atoms with E-state index in [-0.39, 0.29) is 16.5 Å². The van der Waals surface area contributed by atoms with Crippen LogP contribution < -0.4 is 4.74 Å². The molecule has 1 fully saturated rings. The van der Waals surface area contributed by atoms with E-state index in [1.165, 1.54) is 21.5 Å². The summed E-state index contributed by atoms with van der Waals surface area (Å²) in [6.07, 6.45) is 1.34. The first-order chi connectivity index (χ1) is 13.4. The first-order valence-electron chi connectivity index (χ1n) is 8.78. The van der Waals surface area contributed by atoms with Gasteiger partial charge in [0.15, 0.2) is 0 Å². The standard InChI is InChI=1S/C18H22ClN3O5S/c1-21(6-11-27-15-4-2-14(19)3-5-15)18(23)17-12-16(13-20-17)28(24,25)22-7-9-26-10-8-22/h2-5,12-13,20H,6-11H2,1H3. The number of benzene rings is 1. The second-order valence-electron chi connectivity index (χ2n) is 6.29. The molecule has 1 amide bonds. The Morgan fingerprint density at radius 1 is 1.29 bits per heavy atom. The first kappa shape index (κ1) is 20.7. The van der Waals surface area contributed by atoms with Gasteiger partial charge >= 0.3 is 0 Å². The van der Waals surface area contributed by atoms with E-state index in [1.807, 2.05) is 0 Å². The summed E-state index contributed by atoms with van der Waals surface area (Å²) >= 11 is 5.83. The van der Waals surface area contributed by atoms with Gasteiger partial charge in [0.25, 0.3) is 5.91 Å². The lowest BCUT2D eigenvalue weighted by Gasteiger charge is -2.25. The Labute approximate surface area is 169 Å². The van der Waals surface area contributed by atoms with Gasteiger partial charge in [-0.1, -0.05) is 11.6 Å². The normalized spacial score (nSPS) is 15.4. The van der Waals surface area contributed by atoms with Gasteiger partial charge in [-0.05, 0) is 30.3 Å².